The van der Waals surface area contributed by atoms with E-state index in [9.17, 15) is 52.7 Å². The molecule has 0 amide bonds. The first-order chi connectivity index (χ1) is 12.9. The molecule has 15 heteroatoms. The molecule has 2 atom stereocenters. The summed E-state index contributed by atoms with van der Waals surface area (Å²) in [5.41, 5.74) is 0. The Bertz CT molecular complexity index is 560. The van der Waals surface area contributed by atoms with Crippen molar-refractivity contribution >= 4 is 0 Å². The summed E-state index contributed by atoms with van der Waals surface area (Å²) in [4.78, 5) is 0. The van der Waals surface area contributed by atoms with Crippen LogP contribution in [0.3, 0.4) is 0 Å². The van der Waals surface area contributed by atoms with Gasteiger partial charge in [0, 0.05) is 12.8 Å². The lowest BCUT2D eigenvalue weighted by Gasteiger charge is -2.32. The van der Waals surface area contributed by atoms with Crippen LogP contribution in [0.25, 0.3) is 0 Å². The van der Waals surface area contributed by atoms with Crippen molar-refractivity contribution in [3.63, 3.8) is 0 Å². The molecule has 0 spiro atoms. The zero-order valence-electron chi connectivity index (χ0n) is 14.6. The SMILES string of the molecule is CCCC(F)(OC(F)(CCC)C(F)=C(F)OC(F)(F)F)C(F)=C(F)OC(F)(F)F. The van der Waals surface area contributed by atoms with E-state index in [1.807, 2.05) is 0 Å². The van der Waals surface area contributed by atoms with Gasteiger partial charge >= 0.3 is 24.8 Å². The summed E-state index contributed by atoms with van der Waals surface area (Å²) in [5, 5.41) is 0. The summed E-state index contributed by atoms with van der Waals surface area (Å²) in [7, 11) is 0. The summed E-state index contributed by atoms with van der Waals surface area (Å²) in [5.74, 6) is -15.3. The third-order valence-electron chi connectivity index (χ3n) is 2.88. The number of hydrogen-bond donors (Lipinski definition) is 0. The highest BCUT2D eigenvalue weighted by atomic mass is 19.4. The van der Waals surface area contributed by atoms with E-state index in [1.54, 1.807) is 0 Å². The lowest BCUT2D eigenvalue weighted by atomic mass is 10.1. The van der Waals surface area contributed by atoms with E-state index >= 15 is 0 Å². The average Bonchev–Trinajstić information content (AvgIpc) is 2.50. The van der Waals surface area contributed by atoms with Gasteiger partial charge in [-0.1, -0.05) is 26.7 Å². The van der Waals surface area contributed by atoms with Crippen molar-refractivity contribution in [1.82, 2.24) is 0 Å². The zero-order valence-corrected chi connectivity index (χ0v) is 14.6. The lowest BCUT2D eigenvalue weighted by Crippen LogP contribution is -2.41. The summed E-state index contributed by atoms with van der Waals surface area (Å²) < 4.78 is 164. The van der Waals surface area contributed by atoms with Crippen molar-refractivity contribution in [1.29, 1.82) is 0 Å². The van der Waals surface area contributed by atoms with Crippen LogP contribution in [0.4, 0.5) is 52.7 Å². The van der Waals surface area contributed by atoms with Crippen LogP contribution in [-0.4, -0.2) is 24.4 Å². The Balaban J connectivity index is 6.22. The molecule has 0 N–H and O–H groups in total. The number of alkyl halides is 8. The first kappa shape index (κ1) is 27.2. The van der Waals surface area contributed by atoms with Crippen molar-refractivity contribution in [2.75, 3.05) is 0 Å². The lowest BCUT2D eigenvalue weighted by molar-refractivity contribution is -0.320. The molecule has 0 rings (SSSR count). The molecular formula is C14H14F12O3. The van der Waals surface area contributed by atoms with E-state index in [1.165, 1.54) is 0 Å². The molecule has 0 aliphatic carbocycles. The van der Waals surface area contributed by atoms with Gasteiger partial charge in [0.05, 0.1) is 0 Å². The summed E-state index contributed by atoms with van der Waals surface area (Å²) in [6.45, 7) is 2.04. The molecule has 0 aromatic heterocycles. The van der Waals surface area contributed by atoms with Crippen LogP contribution in [0.5, 0.6) is 0 Å². The standard InChI is InChI=1S/C14H14F12O3/c1-3-5-11(19,7(15)9(17)27-13(21,22)23)29-12(20,6-4-2)8(16)10(18)28-14(24,25)26/h3-6H2,1-2H3. The molecule has 0 aliphatic heterocycles. The second kappa shape index (κ2) is 9.80. The fourth-order valence-electron chi connectivity index (χ4n) is 1.90. The van der Waals surface area contributed by atoms with Gasteiger partial charge in [0.15, 0.2) is 0 Å². The highest BCUT2D eigenvalue weighted by molar-refractivity contribution is 5.12. The Morgan fingerprint density at radius 2 is 0.862 bits per heavy atom. The third kappa shape index (κ3) is 8.62. The summed E-state index contributed by atoms with van der Waals surface area (Å²) in [6.07, 6.45) is -15.8. The Morgan fingerprint density at radius 1 is 0.586 bits per heavy atom. The highest BCUT2D eigenvalue weighted by Crippen LogP contribution is 2.44. The fraction of sp³-hybridized carbons (Fsp3) is 0.714. The molecule has 0 aromatic rings. The van der Waals surface area contributed by atoms with Gasteiger partial charge in [0.1, 0.15) is 0 Å². The first-order valence-electron chi connectivity index (χ1n) is 7.61. The van der Waals surface area contributed by atoms with Gasteiger partial charge in [-0.2, -0.15) is 17.6 Å². The van der Waals surface area contributed by atoms with Gasteiger partial charge in [0.2, 0.25) is 11.7 Å². The van der Waals surface area contributed by atoms with Crippen LogP contribution in [0.15, 0.2) is 23.7 Å². The Morgan fingerprint density at radius 3 is 1.07 bits per heavy atom. The predicted molar refractivity (Wildman–Crippen MR) is 71.3 cm³/mol. The molecule has 3 nitrogen and oxygen atoms in total. The van der Waals surface area contributed by atoms with Gasteiger partial charge in [0.25, 0.3) is 11.7 Å². The normalized spacial score (nSPS) is 19.0. The summed E-state index contributed by atoms with van der Waals surface area (Å²) in [6, 6.07) is -6.55. The van der Waals surface area contributed by atoms with Crippen LogP contribution in [0.2, 0.25) is 0 Å². The van der Waals surface area contributed by atoms with Crippen LogP contribution in [0, 0.1) is 0 Å². The zero-order chi connectivity index (χ0) is 23.3. The largest absolute Gasteiger partial charge is 0.574 e. The molecular weight excluding hydrogens is 444 g/mol. The van der Waals surface area contributed by atoms with Gasteiger partial charge < -0.3 is 9.47 Å². The summed E-state index contributed by atoms with van der Waals surface area (Å²) >= 11 is 0. The fourth-order valence-corrected chi connectivity index (χ4v) is 1.90. The molecule has 0 saturated heterocycles. The van der Waals surface area contributed by atoms with Gasteiger partial charge in [-0.3, -0.25) is 4.74 Å². The average molecular weight is 458 g/mol. The smallest absolute Gasteiger partial charge is 0.376 e. The molecule has 0 radical (unpaired) electrons. The Labute approximate surface area is 155 Å². The molecule has 0 aliphatic rings. The Hall–Kier alpha value is -1.80. The van der Waals surface area contributed by atoms with Gasteiger partial charge in [-0.05, 0) is 0 Å². The number of hydrogen-bond acceptors (Lipinski definition) is 3. The molecule has 29 heavy (non-hydrogen) atoms. The molecule has 0 saturated carbocycles. The minimum absolute atomic E-state index is 0.585. The maximum absolute atomic E-state index is 14.6. The van der Waals surface area contributed by atoms with Crippen LogP contribution in [-0.2, 0) is 14.2 Å². The van der Waals surface area contributed by atoms with Crippen molar-refractivity contribution < 1.29 is 66.9 Å². The number of rotatable bonds is 10. The minimum atomic E-state index is -5.86. The van der Waals surface area contributed by atoms with Crippen molar-refractivity contribution in [2.24, 2.45) is 0 Å². The predicted octanol–water partition coefficient (Wildman–Crippen LogP) is 7.22. The number of halogens is 12. The molecule has 0 heterocycles. The second-order valence-corrected chi connectivity index (χ2v) is 5.33. The van der Waals surface area contributed by atoms with E-state index in [2.05, 4.69) is 14.2 Å². The highest BCUT2D eigenvalue weighted by Gasteiger charge is 2.53. The van der Waals surface area contributed by atoms with Crippen LogP contribution >= 0.6 is 0 Å². The maximum atomic E-state index is 14.6. The maximum Gasteiger partial charge on any atom is 0.574 e. The second-order valence-electron chi connectivity index (χ2n) is 5.33. The molecule has 172 valence electrons. The van der Waals surface area contributed by atoms with Crippen LogP contribution in [0.1, 0.15) is 39.5 Å². The molecule has 0 fully saturated rings. The van der Waals surface area contributed by atoms with E-state index in [0.717, 1.165) is 13.8 Å². The molecule has 0 aromatic carbocycles. The van der Waals surface area contributed by atoms with Gasteiger partial charge in [-0.25, -0.2) is 8.78 Å². The van der Waals surface area contributed by atoms with Gasteiger partial charge in [-0.15, -0.1) is 26.3 Å². The quantitative estimate of drug-likeness (QED) is 0.256. The van der Waals surface area contributed by atoms with Crippen LogP contribution < -0.4 is 0 Å². The molecule has 0 bridgehead atoms. The van der Waals surface area contributed by atoms with E-state index in [4.69, 9.17) is 0 Å². The van der Waals surface area contributed by atoms with E-state index in [-0.39, 0.29) is 0 Å². The van der Waals surface area contributed by atoms with E-state index in [0.29, 0.717) is 0 Å². The number of ether oxygens (including phenoxy) is 3. The van der Waals surface area contributed by atoms with Crippen molar-refractivity contribution in [3.05, 3.63) is 23.7 Å². The van der Waals surface area contributed by atoms with E-state index < -0.39 is 73.8 Å². The Kier molecular flexibility index (Phi) is 9.19. The topological polar surface area (TPSA) is 27.7 Å². The minimum Gasteiger partial charge on any atom is -0.376 e. The monoisotopic (exact) mass is 458 g/mol. The van der Waals surface area contributed by atoms with Crippen molar-refractivity contribution in [3.8, 4) is 0 Å². The molecule has 2 unspecified atom stereocenters. The third-order valence-corrected chi connectivity index (χ3v) is 2.88. The van der Waals surface area contributed by atoms with Crippen molar-refractivity contribution in [2.45, 2.75) is 64.0 Å². The first-order valence-corrected chi connectivity index (χ1v) is 7.61.